The van der Waals surface area contributed by atoms with Crippen LogP contribution in [0.3, 0.4) is 0 Å². The Morgan fingerprint density at radius 1 is 0.258 bits per heavy atom. The van der Waals surface area contributed by atoms with E-state index < -0.39 is 40.1 Å². The van der Waals surface area contributed by atoms with Gasteiger partial charge in [-0.25, -0.2) is 49.6 Å². The number of para-hydroxylation sites is 8. The normalized spacial score (nSPS) is 11.7. The van der Waals surface area contributed by atoms with Crippen LogP contribution in [0.4, 0.5) is 45.5 Å². The largest absolute Gasteiger partial charge is 0.397 e. The minimum Gasteiger partial charge on any atom is -0.397 e. The van der Waals surface area contributed by atoms with E-state index in [-0.39, 0.29) is 43.2 Å². The van der Waals surface area contributed by atoms with E-state index >= 15 is 0 Å². The van der Waals surface area contributed by atoms with Gasteiger partial charge in [0.1, 0.15) is 0 Å². The van der Waals surface area contributed by atoms with Gasteiger partial charge in [-0.15, -0.1) is 0 Å². The summed E-state index contributed by atoms with van der Waals surface area (Å²) < 4.78 is 115. The van der Waals surface area contributed by atoms with Crippen molar-refractivity contribution in [3.05, 3.63) is 364 Å². The molecule has 8 aromatic heterocycles. The van der Waals surface area contributed by atoms with Crippen molar-refractivity contribution < 1.29 is 52.8 Å². The van der Waals surface area contributed by atoms with Gasteiger partial charge in [-0.1, -0.05) is 97.1 Å². The third-order valence-corrected chi connectivity index (χ3v) is 25.8. The lowest BCUT2D eigenvalue weighted by Gasteiger charge is -2.06. The number of carbonyl (C=O) groups is 4. The van der Waals surface area contributed by atoms with Gasteiger partial charge in [0.2, 0.25) is 23.6 Å². The lowest BCUT2D eigenvalue weighted by molar-refractivity contribution is -0.112. The van der Waals surface area contributed by atoms with Gasteiger partial charge in [0.15, 0.2) is 0 Å². The van der Waals surface area contributed by atoms with Crippen LogP contribution < -0.4 is 44.2 Å². The van der Waals surface area contributed by atoms with Gasteiger partial charge in [0.25, 0.3) is 40.1 Å². The number of hydrogen-bond acceptors (Lipinski definition) is 20. The van der Waals surface area contributed by atoms with Crippen LogP contribution in [0.2, 0.25) is 0 Å². The second kappa shape index (κ2) is 39.4. The average molecular weight is 1790 g/mol. The number of benzene rings is 8. The number of aromatic nitrogens is 12. The van der Waals surface area contributed by atoms with E-state index in [1.807, 2.05) is 53.0 Å². The fourth-order valence-electron chi connectivity index (χ4n) is 12.4. The summed E-state index contributed by atoms with van der Waals surface area (Å²) in [6, 6.07) is 60.6. The van der Waals surface area contributed by atoms with Gasteiger partial charge >= 0.3 is 0 Å². The highest BCUT2D eigenvalue weighted by Gasteiger charge is 2.22. The first-order valence-corrected chi connectivity index (χ1v) is 44.5. The maximum absolute atomic E-state index is 12.9. The number of carbonyl (C=O) groups excluding carboxylic acids is 4. The number of nitrogens with two attached hydrogens (primary N) is 4. The summed E-state index contributed by atoms with van der Waals surface area (Å²) in [6.45, 7) is 0. The van der Waals surface area contributed by atoms with Gasteiger partial charge in [-0.05, 0) is 190 Å². The fourth-order valence-corrected chi connectivity index (χ4v) is 17.3. The summed E-state index contributed by atoms with van der Waals surface area (Å²) in [7, 11) is -7.76. The van der Waals surface area contributed by atoms with Crippen molar-refractivity contribution in [1.29, 1.82) is 0 Å². The number of aryl methyl sites for hydroxylation is 4. The second-order valence-electron chi connectivity index (χ2n) is 28.5. The highest BCUT2D eigenvalue weighted by molar-refractivity contribution is 7.90. The molecule has 32 nitrogen and oxygen atoms in total. The second-order valence-corrected chi connectivity index (χ2v) is 35.8. The monoisotopic (exact) mass is 1790 g/mol. The standard InChI is InChI=1S/4C23H21N5O3S/c4*1-27-16-19(14-25-27)18-7-9-20(10-8-18)32(30,31)28-13-12-17(15-28)6-11-23(29)26-22-5-3-2-4-21(22)24/h4*2-16H,24H2,1H3,(H,26,29)/b4*11-6+. The molecule has 0 fully saturated rings. The van der Waals surface area contributed by atoms with Gasteiger partial charge in [0, 0.05) is 149 Å². The first-order valence-electron chi connectivity index (χ1n) is 38.8. The molecule has 0 saturated heterocycles. The van der Waals surface area contributed by atoms with E-state index in [4.69, 9.17) is 22.9 Å². The molecule has 4 amide bonds. The zero-order chi connectivity index (χ0) is 90.9. The van der Waals surface area contributed by atoms with Crippen LogP contribution in [0.1, 0.15) is 22.3 Å². The Hall–Kier alpha value is -16.4. The van der Waals surface area contributed by atoms with Gasteiger partial charge < -0.3 is 44.2 Å². The molecule has 12 N–H and O–H groups in total. The van der Waals surface area contributed by atoms with Crippen LogP contribution in [-0.4, -0.2) is 112 Å². The van der Waals surface area contributed by atoms with Crippen LogP contribution in [0.15, 0.2) is 361 Å². The van der Waals surface area contributed by atoms with E-state index in [1.54, 1.807) is 262 Å². The predicted molar refractivity (Wildman–Crippen MR) is 497 cm³/mol. The Morgan fingerprint density at radius 2 is 0.445 bits per heavy atom. The zero-order valence-corrected chi connectivity index (χ0v) is 72.1. The first kappa shape index (κ1) is 89.3. The molecule has 0 bridgehead atoms. The number of amides is 4. The zero-order valence-electron chi connectivity index (χ0n) is 68.8. The Labute approximate surface area is 737 Å². The highest BCUT2D eigenvalue weighted by Crippen LogP contribution is 2.30. The van der Waals surface area contributed by atoms with Gasteiger partial charge in [-0.3, -0.25) is 37.9 Å². The summed E-state index contributed by atoms with van der Waals surface area (Å²) in [5.41, 5.74) is 36.5. The molecule has 0 saturated carbocycles. The van der Waals surface area contributed by atoms with E-state index in [1.165, 1.54) is 98.2 Å². The molecule has 36 heteroatoms. The average Bonchev–Trinajstić information content (AvgIpc) is 1.64. The van der Waals surface area contributed by atoms with Crippen molar-refractivity contribution in [2.45, 2.75) is 19.6 Å². The first-order chi connectivity index (χ1) is 61.3. The van der Waals surface area contributed by atoms with Gasteiger partial charge in [-0.2, -0.15) is 20.4 Å². The van der Waals surface area contributed by atoms with Crippen molar-refractivity contribution in [3.63, 3.8) is 0 Å². The maximum Gasteiger partial charge on any atom is 0.267 e. The van der Waals surface area contributed by atoms with E-state index in [2.05, 4.69) is 41.7 Å². The molecule has 0 unspecified atom stereocenters. The molecular formula is C92H84N20O12S4. The van der Waals surface area contributed by atoms with Crippen LogP contribution in [-0.2, 0) is 87.5 Å². The molecule has 0 radical (unpaired) electrons. The molecule has 8 aromatic carbocycles. The molecule has 0 spiro atoms. The number of rotatable bonds is 24. The number of nitrogens with one attached hydrogen (secondary N) is 4. The van der Waals surface area contributed by atoms with Crippen LogP contribution in [0, 0.1) is 0 Å². The third-order valence-electron chi connectivity index (χ3n) is 19.2. The highest BCUT2D eigenvalue weighted by atomic mass is 32.2. The fraction of sp³-hybridized carbons (Fsp3) is 0.0435. The molecule has 0 atom stereocenters. The predicted octanol–water partition coefficient (Wildman–Crippen LogP) is 13.4. The molecule has 128 heavy (non-hydrogen) atoms. The molecule has 0 aliphatic heterocycles. The van der Waals surface area contributed by atoms with E-state index in [0.29, 0.717) is 67.8 Å². The third kappa shape index (κ3) is 22.5. The quantitative estimate of drug-likeness (QED) is 0.0206. The summed E-state index contributed by atoms with van der Waals surface area (Å²) in [5.74, 6) is -1.48. The summed E-state index contributed by atoms with van der Waals surface area (Å²) in [6.07, 6.45) is 37.3. The molecule has 8 heterocycles. The van der Waals surface area contributed by atoms with Crippen LogP contribution >= 0.6 is 0 Å². The molecule has 0 aliphatic carbocycles. The minimum absolute atomic E-state index is 0.161. The Bertz CT molecular complexity index is 6470. The summed E-state index contributed by atoms with van der Waals surface area (Å²) >= 11 is 0. The molecule has 0 aliphatic rings. The smallest absolute Gasteiger partial charge is 0.267 e. The van der Waals surface area contributed by atoms with Crippen molar-refractivity contribution in [2.24, 2.45) is 28.2 Å². The Balaban J connectivity index is 0.000000146. The van der Waals surface area contributed by atoms with E-state index in [0.717, 1.165) is 60.4 Å². The van der Waals surface area contributed by atoms with E-state index in [9.17, 15) is 52.8 Å². The SMILES string of the molecule is Cn1cc(-c2ccc(S(=O)(=O)n3ccc(/C=C/C(=O)Nc4ccccc4N)c3)cc2)cn1.Cn1cc(-c2ccc(S(=O)(=O)n3ccc(/C=C/C(=O)Nc4ccccc4N)c3)cc2)cn1.Cn1cc(-c2ccc(S(=O)(=O)n3ccc(/C=C/C(=O)Nc4ccccc4N)c3)cc2)cn1.Cn1cc(-c2ccc(S(=O)(=O)n3ccc(/C=C/C(=O)Nc4ccccc4N)c3)cc2)cn1. The lowest BCUT2D eigenvalue weighted by Crippen LogP contribution is -2.10. The Morgan fingerprint density at radius 3 is 0.617 bits per heavy atom. The molecular weight excluding hydrogens is 1710 g/mol. The van der Waals surface area contributed by atoms with Crippen molar-refractivity contribution in [1.82, 2.24) is 55.0 Å². The van der Waals surface area contributed by atoms with Crippen LogP contribution in [0.25, 0.3) is 68.8 Å². The summed E-state index contributed by atoms with van der Waals surface area (Å²) in [4.78, 5) is 49.2. The van der Waals surface area contributed by atoms with Crippen molar-refractivity contribution >= 4 is 134 Å². The van der Waals surface area contributed by atoms with Crippen LogP contribution in [0.5, 0.6) is 0 Å². The Kier molecular flexibility index (Phi) is 27.5. The molecule has 16 aromatic rings. The lowest BCUT2D eigenvalue weighted by atomic mass is 10.1. The minimum atomic E-state index is -3.76. The maximum atomic E-state index is 12.9. The van der Waals surface area contributed by atoms with Gasteiger partial charge in [0.05, 0.1) is 89.9 Å². The number of nitrogen functional groups attached to an aromatic ring is 4. The summed E-state index contributed by atoms with van der Waals surface area (Å²) in [5, 5.41) is 27.2. The van der Waals surface area contributed by atoms with Crippen molar-refractivity contribution in [2.75, 3.05) is 44.2 Å². The van der Waals surface area contributed by atoms with Crippen molar-refractivity contribution in [3.8, 4) is 44.5 Å². The topological polar surface area (TPSA) is 448 Å². The molecule has 648 valence electrons. The number of nitrogens with zero attached hydrogens (tertiary/aromatic N) is 12. The number of anilines is 8. The number of hydrogen-bond donors (Lipinski definition) is 8. The molecule has 16 rings (SSSR count).